The number of carbonyl (C=O) groups excluding carboxylic acids is 1. The zero-order chi connectivity index (χ0) is 10.9. The molecule has 0 aromatic rings. The fourth-order valence-corrected chi connectivity index (χ4v) is 1.76. The molecule has 1 aliphatic carbocycles. The molecule has 0 radical (unpaired) electrons. The summed E-state index contributed by atoms with van der Waals surface area (Å²) in [5.41, 5.74) is 0. The van der Waals surface area contributed by atoms with Crippen molar-refractivity contribution >= 4 is 12.2 Å². The Bertz CT molecular complexity index is 210. The lowest BCUT2D eigenvalue weighted by molar-refractivity contribution is -0.134. The predicted octanol–water partition coefficient (Wildman–Crippen LogP) is 2.13. The number of carbonyl (C=O) groups is 1. The Hall–Kier alpha value is -1.06. The van der Waals surface area contributed by atoms with E-state index in [-0.39, 0.29) is 0 Å². The van der Waals surface area contributed by atoms with Gasteiger partial charge in [0.15, 0.2) is 6.21 Å². The standard InChI is InChI=1S/C11H19NO3/c1-2-14-11(13)8-12-15-9-10-6-4-3-5-7-10/h8,10H,2-7,9H2,1H3. The number of rotatable bonds is 5. The monoisotopic (exact) mass is 213 g/mol. The number of oxime groups is 1. The summed E-state index contributed by atoms with van der Waals surface area (Å²) in [5, 5.41) is 3.58. The zero-order valence-electron chi connectivity index (χ0n) is 9.28. The van der Waals surface area contributed by atoms with Gasteiger partial charge in [-0.1, -0.05) is 24.4 Å². The smallest absolute Gasteiger partial charge is 0.352 e. The van der Waals surface area contributed by atoms with Crippen LogP contribution in [0.1, 0.15) is 39.0 Å². The van der Waals surface area contributed by atoms with E-state index in [1.807, 2.05) is 0 Å². The normalized spacial score (nSPS) is 17.9. The summed E-state index contributed by atoms with van der Waals surface area (Å²) in [7, 11) is 0. The van der Waals surface area contributed by atoms with Gasteiger partial charge in [0.05, 0.1) is 6.61 Å². The Morgan fingerprint density at radius 1 is 1.40 bits per heavy atom. The summed E-state index contributed by atoms with van der Waals surface area (Å²) in [6, 6.07) is 0. The average Bonchev–Trinajstić information content (AvgIpc) is 2.26. The van der Waals surface area contributed by atoms with Crippen LogP contribution >= 0.6 is 0 Å². The molecular weight excluding hydrogens is 194 g/mol. The Morgan fingerprint density at radius 3 is 2.80 bits per heavy atom. The van der Waals surface area contributed by atoms with Crippen LogP contribution < -0.4 is 0 Å². The second kappa shape index (κ2) is 7.26. The van der Waals surface area contributed by atoms with Crippen molar-refractivity contribution in [2.24, 2.45) is 11.1 Å². The Balaban J connectivity index is 2.06. The third-order valence-corrected chi connectivity index (χ3v) is 2.55. The highest BCUT2D eigenvalue weighted by molar-refractivity contribution is 6.22. The molecule has 0 heterocycles. The molecule has 0 atom stereocenters. The molecule has 0 amide bonds. The molecule has 1 fully saturated rings. The highest BCUT2D eigenvalue weighted by atomic mass is 16.6. The molecule has 0 N–H and O–H groups in total. The maximum absolute atomic E-state index is 10.8. The summed E-state index contributed by atoms with van der Waals surface area (Å²) in [6.07, 6.45) is 7.43. The SMILES string of the molecule is CCOC(=O)C=NOCC1CCCCC1. The van der Waals surface area contributed by atoms with Gasteiger partial charge in [0, 0.05) is 0 Å². The molecule has 4 nitrogen and oxygen atoms in total. The molecule has 0 aromatic heterocycles. The van der Waals surface area contributed by atoms with Crippen molar-refractivity contribution in [3.8, 4) is 0 Å². The van der Waals surface area contributed by atoms with Crippen molar-refractivity contribution in [1.82, 2.24) is 0 Å². The fraction of sp³-hybridized carbons (Fsp3) is 0.818. The van der Waals surface area contributed by atoms with Crippen LogP contribution in [0.3, 0.4) is 0 Å². The number of hydrogen-bond donors (Lipinski definition) is 0. The van der Waals surface area contributed by atoms with E-state index >= 15 is 0 Å². The molecule has 0 aliphatic heterocycles. The van der Waals surface area contributed by atoms with Crippen molar-refractivity contribution < 1.29 is 14.4 Å². The van der Waals surface area contributed by atoms with Crippen LogP contribution in [-0.2, 0) is 14.4 Å². The first kappa shape index (κ1) is 12.0. The number of nitrogens with zero attached hydrogens (tertiary/aromatic N) is 1. The summed E-state index contributed by atoms with van der Waals surface area (Å²) >= 11 is 0. The van der Waals surface area contributed by atoms with E-state index in [1.165, 1.54) is 32.1 Å². The van der Waals surface area contributed by atoms with Crippen molar-refractivity contribution in [3.05, 3.63) is 0 Å². The molecule has 15 heavy (non-hydrogen) atoms. The largest absolute Gasteiger partial charge is 0.462 e. The minimum Gasteiger partial charge on any atom is -0.462 e. The van der Waals surface area contributed by atoms with Crippen molar-refractivity contribution in [1.29, 1.82) is 0 Å². The van der Waals surface area contributed by atoms with E-state index in [1.54, 1.807) is 6.92 Å². The Labute approximate surface area is 90.6 Å². The number of esters is 1. The maximum atomic E-state index is 10.8. The van der Waals surface area contributed by atoms with Crippen LogP contribution in [0.2, 0.25) is 0 Å². The summed E-state index contributed by atoms with van der Waals surface area (Å²) < 4.78 is 4.67. The van der Waals surface area contributed by atoms with Crippen molar-refractivity contribution in [2.45, 2.75) is 39.0 Å². The first-order valence-electron chi connectivity index (χ1n) is 5.65. The summed E-state index contributed by atoms with van der Waals surface area (Å²) in [6.45, 7) is 2.75. The summed E-state index contributed by atoms with van der Waals surface area (Å²) in [5.74, 6) is 0.166. The molecule has 1 rings (SSSR count). The lowest BCUT2D eigenvalue weighted by Crippen LogP contribution is -2.12. The third-order valence-electron chi connectivity index (χ3n) is 2.55. The van der Waals surface area contributed by atoms with E-state index in [0.29, 0.717) is 19.1 Å². The molecule has 0 unspecified atom stereocenters. The Morgan fingerprint density at radius 2 is 2.13 bits per heavy atom. The van der Waals surface area contributed by atoms with Gasteiger partial charge in [-0.3, -0.25) is 0 Å². The highest BCUT2D eigenvalue weighted by Crippen LogP contribution is 2.23. The molecule has 1 saturated carbocycles. The van der Waals surface area contributed by atoms with Crippen LogP contribution in [-0.4, -0.2) is 25.4 Å². The molecule has 0 bridgehead atoms. The van der Waals surface area contributed by atoms with E-state index in [9.17, 15) is 4.79 Å². The van der Waals surface area contributed by atoms with Gasteiger partial charge in [-0.2, -0.15) is 0 Å². The third kappa shape index (κ3) is 5.40. The molecular formula is C11H19NO3. The molecule has 0 spiro atoms. The predicted molar refractivity (Wildman–Crippen MR) is 57.7 cm³/mol. The van der Waals surface area contributed by atoms with Crippen LogP contribution in [0.25, 0.3) is 0 Å². The first-order valence-corrected chi connectivity index (χ1v) is 5.65. The number of ether oxygens (including phenoxy) is 1. The Kier molecular flexibility index (Phi) is 5.81. The van der Waals surface area contributed by atoms with E-state index < -0.39 is 5.97 Å². The van der Waals surface area contributed by atoms with Crippen molar-refractivity contribution in [2.75, 3.05) is 13.2 Å². The zero-order valence-corrected chi connectivity index (χ0v) is 9.28. The van der Waals surface area contributed by atoms with Gasteiger partial charge < -0.3 is 9.57 Å². The second-order valence-corrected chi connectivity index (χ2v) is 3.79. The first-order chi connectivity index (χ1) is 7.33. The molecule has 86 valence electrons. The highest BCUT2D eigenvalue weighted by Gasteiger charge is 2.13. The molecule has 0 saturated heterocycles. The van der Waals surface area contributed by atoms with E-state index in [2.05, 4.69) is 9.89 Å². The van der Waals surface area contributed by atoms with Gasteiger partial charge in [-0.05, 0) is 25.7 Å². The maximum Gasteiger partial charge on any atom is 0.352 e. The number of hydrogen-bond acceptors (Lipinski definition) is 4. The molecule has 0 aromatic carbocycles. The van der Waals surface area contributed by atoms with Gasteiger partial charge in [0.1, 0.15) is 6.61 Å². The van der Waals surface area contributed by atoms with Gasteiger partial charge in [-0.25, -0.2) is 4.79 Å². The molecule has 1 aliphatic rings. The second-order valence-electron chi connectivity index (χ2n) is 3.79. The quantitative estimate of drug-likeness (QED) is 0.399. The van der Waals surface area contributed by atoms with E-state index in [0.717, 1.165) is 6.21 Å². The molecule has 4 heteroatoms. The van der Waals surface area contributed by atoms with Crippen LogP contribution in [0.15, 0.2) is 5.16 Å². The van der Waals surface area contributed by atoms with Crippen LogP contribution in [0.4, 0.5) is 0 Å². The van der Waals surface area contributed by atoms with Crippen molar-refractivity contribution in [3.63, 3.8) is 0 Å². The minimum absolute atomic E-state index is 0.369. The summed E-state index contributed by atoms with van der Waals surface area (Å²) in [4.78, 5) is 15.9. The van der Waals surface area contributed by atoms with Crippen LogP contribution in [0.5, 0.6) is 0 Å². The topological polar surface area (TPSA) is 47.9 Å². The minimum atomic E-state index is -0.443. The fourth-order valence-electron chi connectivity index (χ4n) is 1.76. The lowest BCUT2D eigenvalue weighted by Gasteiger charge is -2.19. The van der Waals surface area contributed by atoms with E-state index in [4.69, 9.17) is 4.84 Å². The van der Waals surface area contributed by atoms with Crippen LogP contribution in [0, 0.1) is 5.92 Å². The van der Waals surface area contributed by atoms with Gasteiger partial charge >= 0.3 is 5.97 Å². The van der Waals surface area contributed by atoms with Gasteiger partial charge in [0.25, 0.3) is 0 Å². The van der Waals surface area contributed by atoms with Gasteiger partial charge in [0.2, 0.25) is 0 Å². The van der Waals surface area contributed by atoms with Gasteiger partial charge in [-0.15, -0.1) is 0 Å². The average molecular weight is 213 g/mol. The lowest BCUT2D eigenvalue weighted by atomic mass is 9.90.